The van der Waals surface area contributed by atoms with Crippen molar-refractivity contribution in [3.63, 3.8) is 0 Å². The first-order chi connectivity index (χ1) is 19.7. The molecular weight excluding hydrogens is 543 g/mol. The van der Waals surface area contributed by atoms with Crippen molar-refractivity contribution >= 4 is 34.4 Å². The standard InChI is InChI=1S/C27H28F3N7O4/c28-27(29,30)22-15-35(12-13-41-22)23(38)16-36-17-37(18-4-2-1-3-5-18)26(25(36)40)8-10-34(11-9-26)24(39)20-7-6-19-21(32-20)14-31-33-19/h1-7,14,22H,8-13,15-17H2,(H,31,33). The maximum absolute atomic E-state index is 14.0. The van der Waals surface area contributed by atoms with E-state index in [4.69, 9.17) is 4.74 Å². The quantitative estimate of drug-likeness (QED) is 0.510. The summed E-state index contributed by atoms with van der Waals surface area (Å²) in [5, 5.41) is 6.74. The van der Waals surface area contributed by atoms with Crippen LogP contribution in [0.2, 0.25) is 0 Å². The molecule has 3 fully saturated rings. The molecule has 0 aliphatic carbocycles. The zero-order valence-electron chi connectivity index (χ0n) is 22.0. The lowest BCUT2D eigenvalue weighted by molar-refractivity contribution is -0.236. The third-order valence-corrected chi connectivity index (χ3v) is 8.09. The summed E-state index contributed by atoms with van der Waals surface area (Å²) in [4.78, 5) is 50.8. The lowest BCUT2D eigenvalue weighted by atomic mass is 9.85. The Bertz CT molecular complexity index is 1460. The number of piperidine rings is 1. The second kappa shape index (κ2) is 10.3. The van der Waals surface area contributed by atoms with Gasteiger partial charge in [0, 0.05) is 25.3 Å². The number of rotatable bonds is 4. The number of aromatic nitrogens is 3. The van der Waals surface area contributed by atoms with Crippen molar-refractivity contribution < 1.29 is 32.3 Å². The molecule has 0 saturated carbocycles. The predicted octanol–water partition coefficient (Wildman–Crippen LogP) is 2.03. The number of amides is 3. The van der Waals surface area contributed by atoms with Gasteiger partial charge in [0.05, 0.1) is 31.5 Å². The number of hydrogen-bond donors (Lipinski definition) is 1. The molecule has 1 spiro atoms. The Kier molecular flexibility index (Phi) is 6.80. The Labute approximate surface area is 232 Å². The average molecular weight is 572 g/mol. The molecule has 1 atom stereocenters. The van der Waals surface area contributed by atoms with E-state index in [-0.39, 0.29) is 57.0 Å². The van der Waals surface area contributed by atoms with E-state index in [2.05, 4.69) is 15.2 Å². The van der Waals surface area contributed by atoms with E-state index in [1.54, 1.807) is 23.2 Å². The largest absolute Gasteiger partial charge is 0.416 e. The minimum Gasteiger partial charge on any atom is -0.365 e. The first-order valence-electron chi connectivity index (χ1n) is 13.3. The number of benzene rings is 1. The van der Waals surface area contributed by atoms with E-state index in [1.807, 2.05) is 35.2 Å². The van der Waals surface area contributed by atoms with E-state index < -0.39 is 30.3 Å². The molecule has 6 rings (SSSR count). The number of hydrogen-bond acceptors (Lipinski definition) is 7. The molecular formula is C27H28F3N7O4. The Morgan fingerprint density at radius 1 is 1.05 bits per heavy atom. The molecule has 5 heterocycles. The lowest BCUT2D eigenvalue weighted by Gasteiger charge is -2.43. The molecule has 41 heavy (non-hydrogen) atoms. The summed E-state index contributed by atoms with van der Waals surface area (Å²) in [6.07, 6.45) is -4.45. The van der Waals surface area contributed by atoms with Crippen LogP contribution in [0.1, 0.15) is 23.3 Å². The normalized spacial score (nSPS) is 21.2. The number of morpholine rings is 1. The maximum Gasteiger partial charge on any atom is 0.416 e. The number of ether oxygens (including phenoxy) is 1. The Hall–Kier alpha value is -4.20. The summed E-state index contributed by atoms with van der Waals surface area (Å²) >= 11 is 0. The Balaban J connectivity index is 1.19. The summed E-state index contributed by atoms with van der Waals surface area (Å²) < 4.78 is 44.4. The number of nitrogens with one attached hydrogen (secondary N) is 1. The zero-order valence-corrected chi connectivity index (χ0v) is 22.0. The van der Waals surface area contributed by atoms with Gasteiger partial charge in [-0.25, -0.2) is 4.98 Å². The third-order valence-electron chi connectivity index (χ3n) is 8.09. The summed E-state index contributed by atoms with van der Waals surface area (Å²) in [6.45, 7) is -0.463. The number of H-pyrrole nitrogens is 1. The zero-order chi connectivity index (χ0) is 28.8. The Morgan fingerprint density at radius 2 is 1.80 bits per heavy atom. The molecule has 1 N–H and O–H groups in total. The van der Waals surface area contributed by atoms with Gasteiger partial charge < -0.3 is 24.3 Å². The van der Waals surface area contributed by atoms with Gasteiger partial charge in [0.15, 0.2) is 6.10 Å². The van der Waals surface area contributed by atoms with Gasteiger partial charge >= 0.3 is 6.18 Å². The number of fused-ring (bicyclic) bond motifs is 1. The molecule has 3 aromatic rings. The average Bonchev–Trinajstić information content (AvgIpc) is 3.56. The molecule has 1 unspecified atom stereocenters. The molecule has 0 bridgehead atoms. The van der Waals surface area contributed by atoms with Crippen molar-refractivity contribution in [1.29, 1.82) is 0 Å². The van der Waals surface area contributed by atoms with Crippen molar-refractivity contribution in [1.82, 2.24) is 29.9 Å². The smallest absolute Gasteiger partial charge is 0.365 e. The number of anilines is 1. The van der Waals surface area contributed by atoms with Crippen molar-refractivity contribution in [3.8, 4) is 0 Å². The van der Waals surface area contributed by atoms with Crippen LogP contribution < -0.4 is 4.90 Å². The van der Waals surface area contributed by atoms with Crippen molar-refractivity contribution in [3.05, 3.63) is 54.4 Å². The number of aromatic amines is 1. The number of halogens is 3. The van der Waals surface area contributed by atoms with E-state index in [0.29, 0.717) is 18.4 Å². The van der Waals surface area contributed by atoms with E-state index in [1.165, 1.54) is 4.90 Å². The van der Waals surface area contributed by atoms with Crippen molar-refractivity contribution in [2.75, 3.05) is 50.9 Å². The fourth-order valence-electron chi connectivity index (χ4n) is 5.85. The number of likely N-dealkylation sites (tertiary alicyclic amines) is 1. The topological polar surface area (TPSA) is 115 Å². The van der Waals surface area contributed by atoms with Gasteiger partial charge in [-0.05, 0) is 37.1 Å². The van der Waals surface area contributed by atoms with Crippen LogP contribution in [0.4, 0.5) is 18.9 Å². The van der Waals surface area contributed by atoms with E-state index in [0.717, 1.165) is 16.1 Å². The van der Waals surface area contributed by atoms with Gasteiger partial charge in [0.1, 0.15) is 23.3 Å². The molecule has 3 aliphatic rings. The van der Waals surface area contributed by atoms with Crippen LogP contribution in [-0.2, 0) is 14.3 Å². The van der Waals surface area contributed by atoms with Gasteiger partial charge in [-0.3, -0.25) is 19.5 Å². The summed E-state index contributed by atoms with van der Waals surface area (Å²) in [6, 6.07) is 12.7. The number of carbonyl (C=O) groups is 3. The number of para-hydroxylation sites is 1. The van der Waals surface area contributed by atoms with Gasteiger partial charge in [-0.15, -0.1) is 0 Å². The number of carbonyl (C=O) groups excluding carboxylic acids is 3. The highest BCUT2D eigenvalue weighted by Gasteiger charge is 2.55. The highest BCUT2D eigenvalue weighted by molar-refractivity contribution is 5.97. The molecule has 2 aromatic heterocycles. The van der Waals surface area contributed by atoms with E-state index in [9.17, 15) is 27.6 Å². The SMILES string of the molecule is O=C(CN1CN(c2ccccc2)C2(CCN(C(=O)c3ccc4[nH]ncc4n3)CC2)C1=O)N1CCOC(C(F)(F)F)C1. The van der Waals surface area contributed by atoms with Gasteiger partial charge in [-0.1, -0.05) is 18.2 Å². The molecule has 3 aliphatic heterocycles. The molecule has 0 radical (unpaired) electrons. The van der Waals surface area contributed by atoms with Crippen LogP contribution in [-0.4, -0.2) is 111 Å². The molecule has 3 amide bonds. The summed E-state index contributed by atoms with van der Waals surface area (Å²) in [5.74, 6) is -1.09. The fourth-order valence-corrected chi connectivity index (χ4v) is 5.85. The molecule has 3 saturated heterocycles. The Morgan fingerprint density at radius 3 is 2.54 bits per heavy atom. The van der Waals surface area contributed by atoms with Crippen LogP contribution >= 0.6 is 0 Å². The van der Waals surface area contributed by atoms with Gasteiger partial charge in [0.25, 0.3) is 11.8 Å². The number of alkyl halides is 3. The second-order valence-electron chi connectivity index (χ2n) is 10.5. The first-order valence-corrected chi connectivity index (χ1v) is 13.3. The summed E-state index contributed by atoms with van der Waals surface area (Å²) in [5.41, 5.74) is 1.36. The van der Waals surface area contributed by atoms with Crippen molar-refractivity contribution in [2.45, 2.75) is 30.7 Å². The van der Waals surface area contributed by atoms with Crippen LogP contribution in [0, 0.1) is 0 Å². The van der Waals surface area contributed by atoms with Crippen molar-refractivity contribution in [2.24, 2.45) is 0 Å². The van der Waals surface area contributed by atoms with Crippen LogP contribution in [0.25, 0.3) is 11.0 Å². The maximum atomic E-state index is 14.0. The first kappa shape index (κ1) is 27.0. The fraction of sp³-hybridized carbons (Fsp3) is 0.444. The van der Waals surface area contributed by atoms with Crippen LogP contribution in [0.3, 0.4) is 0 Å². The number of nitrogens with zero attached hydrogens (tertiary/aromatic N) is 6. The number of pyridine rings is 1. The minimum absolute atomic E-state index is 0.0245. The molecule has 14 heteroatoms. The van der Waals surface area contributed by atoms with Crippen LogP contribution in [0.5, 0.6) is 0 Å². The van der Waals surface area contributed by atoms with Crippen LogP contribution in [0.15, 0.2) is 48.7 Å². The monoisotopic (exact) mass is 571 g/mol. The third kappa shape index (κ3) is 4.96. The van der Waals surface area contributed by atoms with Gasteiger partial charge in [-0.2, -0.15) is 18.3 Å². The highest BCUT2D eigenvalue weighted by Crippen LogP contribution is 2.40. The molecule has 1 aromatic carbocycles. The summed E-state index contributed by atoms with van der Waals surface area (Å²) in [7, 11) is 0. The highest BCUT2D eigenvalue weighted by atomic mass is 19.4. The van der Waals surface area contributed by atoms with Gasteiger partial charge in [0.2, 0.25) is 5.91 Å². The lowest BCUT2D eigenvalue weighted by Crippen LogP contribution is -2.57. The predicted molar refractivity (Wildman–Crippen MR) is 140 cm³/mol. The van der Waals surface area contributed by atoms with E-state index >= 15 is 0 Å². The second-order valence-corrected chi connectivity index (χ2v) is 10.5. The molecule has 216 valence electrons. The molecule has 11 nitrogen and oxygen atoms in total. The minimum atomic E-state index is -4.58.